The SMILES string of the molecule is CCC1CNC(C(C)(C)C)CN1C(C)c1ccc(C)o1. The molecule has 3 unspecified atom stereocenters. The van der Waals surface area contributed by atoms with Crippen LogP contribution in [0.2, 0.25) is 0 Å². The second-order valence-corrected chi connectivity index (χ2v) is 7.21. The zero-order valence-corrected chi connectivity index (χ0v) is 13.9. The topological polar surface area (TPSA) is 28.4 Å². The van der Waals surface area contributed by atoms with E-state index < -0.39 is 0 Å². The van der Waals surface area contributed by atoms with E-state index in [4.69, 9.17) is 4.42 Å². The highest BCUT2D eigenvalue weighted by molar-refractivity contribution is 5.10. The molecule has 2 heterocycles. The summed E-state index contributed by atoms with van der Waals surface area (Å²) in [6, 6.07) is 5.66. The summed E-state index contributed by atoms with van der Waals surface area (Å²) in [4.78, 5) is 2.62. The summed E-state index contributed by atoms with van der Waals surface area (Å²) in [7, 11) is 0. The Bertz CT molecular complexity index is 432. The van der Waals surface area contributed by atoms with Crippen molar-refractivity contribution in [2.24, 2.45) is 5.41 Å². The quantitative estimate of drug-likeness (QED) is 0.913. The Hall–Kier alpha value is -0.800. The third-order valence-electron chi connectivity index (χ3n) is 4.65. The van der Waals surface area contributed by atoms with Crippen molar-refractivity contribution < 1.29 is 4.42 Å². The summed E-state index contributed by atoms with van der Waals surface area (Å²) in [5, 5.41) is 3.73. The zero-order chi connectivity index (χ0) is 14.9. The van der Waals surface area contributed by atoms with E-state index in [1.54, 1.807) is 0 Å². The van der Waals surface area contributed by atoms with Crippen molar-refractivity contribution in [3.8, 4) is 0 Å². The molecular formula is C17H30N2O. The van der Waals surface area contributed by atoms with Crippen molar-refractivity contribution in [3.63, 3.8) is 0 Å². The molecule has 3 heteroatoms. The zero-order valence-electron chi connectivity index (χ0n) is 13.9. The van der Waals surface area contributed by atoms with Crippen molar-refractivity contribution in [2.45, 2.75) is 66.1 Å². The van der Waals surface area contributed by atoms with Crippen LogP contribution in [0.4, 0.5) is 0 Å². The molecule has 0 aliphatic carbocycles. The highest BCUT2D eigenvalue weighted by Gasteiger charge is 2.36. The van der Waals surface area contributed by atoms with Gasteiger partial charge in [0.05, 0.1) is 6.04 Å². The standard InChI is InChI=1S/C17H30N2O/c1-7-14-10-18-16(17(4,5)6)11-19(14)13(3)15-9-8-12(2)20-15/h8-9,13-14,16,18H,7,10-11H2,1-6H3. The fraction of sp³-hybridized carbons (Fsp3) is 0.765. The van der Waals surface area contributed by atoms with E-state index in [0.29, 0.717) is 18.1 Å². The van der Waals surface area contributed by atoms with E-state index in [1.807, 2.05) is 6.92 Å². The average molecular weight is 278 g/mol. The molecule has 0 radical (unpaired) electrons. The van der Waals surface area contributed by atoms with Crippen molar-refractivity contribution in [1.82, 2.24) is 10.2 Å². The van der Waals surface area contributed by atoms with E-state index in [0.717, 1.165) is 24.6 Å². The largest absolute Gasteiger partial charge is 0.465 e. The molecular weight excluding hydrogens is 248 g/mol. The maximum Gasteiger partial charge on any atom is 0.121 e. The molecule has 0 bridgehead atoms. The molecule has 1 aliphatic rings. The third kappa shape index (κ3) is 3.26. The van der Waals surface area contributed by atoms with Crippen LogP contribution in [-0.4, -0.2) is 30.1 Å². The lowest BCUT2D eigenvalue weighted by Crippen LogP contribution is -2.60. The number of furan rings is 1. The van der Waals surface area contributed by atoms with Crippen LogP contribution in [0.1, 0.15) is 58.6 Å². The number of aryl methyl sites for hydroxylation is 1. The molecule has 114 valence electrons. The van der Waals surface area contributed by atoms with Crippen LogP contribution in [0.3, 0.4) is 0 Å². The molecule has 1 aromatic rings. The second-order valence-electron chi connectivity index (χ2n) is 7.21. The molecule has 1 fully saturated rings. The van der Waals surface area contributed by atoms with Gasteiger partial charge in [0.1, 0.15) is 11.5 Å². The van der Waals surface area contributed by atoms with Gasteiger partial charge in [0.25, 0.3) is 0 Å². The van der Waals surface area contributed by atoms with Crippen LogP contribution >= 0.6 is 0 Å². The van der Waals surface area contributed by atoms with E-state index in [1.165, 1.54) is 6.42 Å². The molecule has 3 atom stereocenters. The van der Waals surface area contributed by atoms with Gasteiger partial charge in [0.2, 0.25) is 0 Å². The van der Waals surface area contributed by atoms with Crippen LogP contribution in [0.5, 0.6) is 0 Å². The fourth-order valence-electron chi connectivity index (χ4n) is 3.09. The van der Waals surface area contributed by atoms with Crippen LogP contribution < -0.4 is 5.32 Å². The van der Waals surface area contributed by atoms with Crippen LogP contribution in [0.15, 0.2) is 16.5 Å². The molecule has 0 saturated carbocycles. The van der Waals surface area contributed by atoms with Gasteiger partial charge in [-0.05, 0) is 37.8 Å². The first-order chi connectivity index (χ1) is 9.32. The number of piperazine rings is 1. The maximum absolute atomic E-state index is 5.85. The Labute approximate surface area is 123 Å². The number of nitrogens with one attached hydrogen (secondary N) is 1. The molecule has 2 rings (SSSR count). The van der Waals surface area contributed by atoms with Crippen LogP contribution in [0, 0.1) is 12.3 Å². The number of hydrogen-bond donors (Lipinski definition) is 1. The molecule has 3 nitrogen and oxygen atoms in total. The van der Waals surface area contributed by atoms with Crippen molar-refractivity contribution in [1.29, 1.82) is 0 Å². The summed E-state index contributed by atoms with van der Waals surface area (Å²) in [6.45, 7) is 15.7. The Balaban J connectivity index is 2.16. The highest BCUT2D eigenvalue weighted by atomic mass is 16.3. The summed E-state index contributed by atoms with van der Waals surface area (Å²) in [6.07, 6.45) is 1.17. The first-order valence-corrected chi connectivity index (χ1v) is 7.88. The van der Waals surface area contributed by atoms with Crippen molar-refractivity contribution in [2.75, 3.05) is 13.1 Å². The molecule has 1 aliphatic heterocycles. The summed E-state index contributed by atoms with van der Waals surface area (Å²) in [5.41, 5.74) is 0.287. The monoisotopic (exact) mass is 278 g/mol. The summed E-state index contributed by atoms with van der Waals surface area (Å²) in [5.74, 6) is 2.10. The van der Waals surface area contributed by atoms with E-state index in [2.05, 4.69) is 57.0 Å². The lowest BCUT2D eigenvalue weighted by molar-refractivity contribution is 0.0454. The molecule has 0 amide bonds. The summed E-state index contributed by atoms with van der Waals surface area (Å²) < 4.78 is 5.85. The minimum atomic E-state index is 0.287. The van der Waals surface area contributed by atoms with Gasteiger partial charge >= 0.3 is 0 Å². The number of nitrogens with zero attached hydrogens (tertiary/aromatic N) is 1. The van der Waals surface area contributed by atoms with Crippen molar-refractivity contribution in [3.05, 3.63) is 23.7 Å². The molecule has 1 saturated heterocycles. The smallest absolute Gasteiger partial charge is 0.121 e. The van der Waals surface area contributed by atoms with Gasteiger partial charge in [0, 0.05) is 25.2 Å². The minimum absolute atomic E-state index is 0.287. The van der Waals surface area contributed by atoms with Gasteiger partial charge in [-0.15, -0.1) is 0 Å². The fourth-order valence-corrected chi connectivity index (χ4v) is 3.09. The van der Waals surface area contributed by atoms with Crippen LogP contribution in [0.25, 0.3) is 0 Å². The second kappa shape index (κ2) is 5.90. The third-order valence-corrected chi connectivity index (χ3v) is 4.65. The maximum atomic E-state index is 5.85. The Morgan fingerprint density at radius 2 is 2.10 bits per heavy atom. The Morgan fingerprint density at radius 1 is 1.40 bits per heavy atom. The van der Waals surface area contributed by atoms with Crippen LogP contribution in [-0.2, 0) is 0 Å². The lowest BCUT2D eigenvalue weighted by atomic mass is 9.84. The van der Waals surface area contributed by atoms with E-state index in [9.17, 15) is 0 Å². The van der Waals surface area contributed by atoms with Gasteiger partial charge in [0.15, 0.2) is 0 Å². The number of rotatable bonds is 3. The van der Waals surface area contributed by atoms with Crippen molar-refractivity contribution >= 4 is 0 Å². The molecule has 0 spiro atoms. The number of hydrogen-bond acceptors (Lipinski definition) is 3. The lowest BCUT2D eigenvalue weighted by Gasteiger charge is -2.46. The summed E-state index contributed by atoms with van der Waals surface area (Å²) >= 11 is 0. The van der Waals surface area contributed by atoms with E-state index in [-0.39, 0.29) is 5.41 Å². The highest BCUT2D eigenvalue weighted by Crippen LogP contribution is 2.31. The van der Waals surface area contributed by atoms with Gasteiger partial charge < -0.3 is 9.73 Å². The first-order valence-electron chi connectivity index (χ1n) is 7.88. The molecule has 20 heavy (non-hydrogen) atoms. The van der Waals surface area contributed by atoms with Gasteiger partial charge in [-0.3, -0.25) is 4.90 Å². The normalized spacial score (nSPS) is 26.7. The first kappa shape index (κ1) is 15.6. The average Bonchev–Trinajstić information content (AvgIpc) is 2.82. The van der Waals surface area contributed by atoms with E-state index >= 15 is 0 Å². The predicted molar refractivity (Wildman–Crippen MR) is 83.9 cm³/mol. The molecule has 0 aromatic carbocycles. The molecule has 1 aromatic heterocycles. The molecule has 1 N–H and O–H groups in total. The Kier molecular flexibility index (Phi) is 4.60. The van der Waals surface area contributed by atoms with Gasteiger partial charge in [-0.1, -0.05) is 27.7 Å². The van der Waals surface area contributed by atoms with Gasteiger partial charge in [-0.25, -0.2) is 0 Å². The van der Waals surface area contributed by atoms with Gasteiger partial charge in [-0.2, -0.15) is 0 Å². The predicted octanol–water partition coefficient (Wildman–Crippen LogP) is 3.75. The minimum Gasteiger partial charge on any atom is -0.465 e. The Morgan fingerprint density at radius 3 is 2.60 bits per heavy atom.